The van der Waals surface area contributed by atoms with Gasteiger partial charge in [-0.2, -0.15) is 4.31 Å². The van der Waals surface area contributed by atoms with Gasteiger partial charge in [0.25, 0.3) is 0 Å². The van der Waals surface area contributed by atoms with E-state index in [9.17, 15) is 18.0 Å². The molecule has 10 heteroatoms. The summed E-state index contributed by atoms with van der Waals surface area (Å²) in [4.78, 5) is 24.0. The molecule has 0 aromatic heterocycles. The van der Waals surface area contributed by atoms with Crippen LogP contribution in [0.4, 0.5) is 11.4 Å². The van der Waals surface area contributed by atoms with E-state index in [4.69, 9.17) is 16.3 Å². The minimum atomic E-state index is -4.17. The molecule has 0 spiro atoms. The lowest BCUT2D eigenvalue weighted by molar-refractivity contribution is -0.116. The summed E-state index contributed by atoms with van der Waals surface area (Å²) in [7, 11) is -2.81. The summed E-state index contributed by atoms with van der Waals surface area (Å²) in [5, 5.41) is 5.53. The van der Waals surface area contributed by atoms with Crippen LogP contribution >= 0.6 is 11.6 Å². The highest BCUT2D eigenvalue weighted by Gasteiger charge is 2.30. The molecule has 0 unspecified atom stereocenters. The van der Waals surface area contributed by atoms with E-state index in [-0.39, 0.29) is 28.1 Å². The Labute approximate surface area is 203 Å². The van der Waals surface area contributed by atoms with Crippen molar-refractivity contribution in [2.45, 2.75) is 18.4 Å². The van der Waals surface area contributed by atoms with Gasteiger partial charge >= 0.3 is 0 Å². The van der Waals surface area contributed by atoms with Crippen molar-refractivity contribution in [2.75, 3.05) is 24.3 Å². The van der Waals surface area contributed by atoms with Gasteiger partial charge in [-0.1, -0.05) is 48.0 Å². The van der Waals surface area contributed by atoms with Crippen molar-refractivity contribution >= 4 is 44.8 Å². The number of amides is 2. The monoisotopic (exact) mass is 501 g/mol. The van der Waals surface area contributed by atoms with Crippen LogP contribution in [0.1, 0.15) is 12.5 Å². The van der Waals surface area contributed by atoms with Gasteiger partial charge in [-0.15, -0.1) is 0 Å². The highest BCUT2D eigenvalue weighted by molar-refractivity contribution is 7.89. The maximum absolute atomic E-state index is 13.6. The Morgan fingerprint density at radius 1 is 0.941 bits per heavy atom. The number of ether oxygens (including phenoxy) is 1. The topological polar surface area (TPSA) is 105 Å². The van der Waals surface area contributed by atoms with Gasteiger partial charge in [0.2, 0.25) is 21.8 Å². The Morgan fingerprint density at radius 2 is 1.62 bits per heavy atom. The van der Waals surface area contributed by atoms with Crippen molar-refractivity contribution in [3.05, 3.63) is 83.4 Å². The zero-order valence-corrected chi connectivity index (χ0v) is 20.2. The van der Waals surface area contributed by atoms with Crippen molar-refractivity contribution in [1.29, 1.82) is 0 Å². The molecule has 0 bridgehead atoms. The lowest BCUT2D eigenvalue weighted by Gasteiger charge is -2.23. The standard InChI is InChI=1S/C24H24ClN3O5S/c1-17(29)26-20-9-6-10-21(14-20)27-24(30)16-28(15-18-7-4-3-5-8-18)34(31,32)23-13-19(25)11-12-22(23)33-2/h3-14H,15-16H2,1-2H3,(H,26,29)(H,27,30). The largest absolute Gasteiger partial charge is 0.495 e. The van der Waals surface area contributed by atoms with E-state index in [0.717, 1.165) is 4.31 Å². The van der Waals surface area contributed by atoms with Crippen molar-refractivity contribution in [3.8, 4) is 5.75 Å². The molecule has 8 nitrogen and oxygen atoms in total. The fraction of sp³-hybridized carbons (Fsp3) is 0.167. The third-order valence-electron chi connectivity index (χ3n) is 4.73. The number of anilines is 2. The predicted molar refractivity (Wildman–Crippen MR) is 131 cm³/mol. The third kappa shape index (κ3) is 6.57. The molecule has 178 valence electrons. The van der Waals surface area contributed by atoms with Gasteiger partial charge in [-0.3, -0.25) is 9.59 Å². The van der Waals surface area contributed by atoms with Gasteiger partial charge in [0, 0.05) is 29.9 Å². The Hall–Kier alpha value is -3.40. The Bertz CT molecular complexity index is 1280. The molecular formula is C24H24ClN3O5S. The summed E-state index contributed by atoms with van der Waals surface area (Å²) in [5.41, 5.74) is 1.61. The van der Waals surface area contributed by atoms with Crippen molar-refractivity contribution in [2.24, 2.45) is 0 Å². The molecular weight excluding hydrogens is 478 g/mol. The number of methoxy groups -OCH3 is 1. The highest BCUT2D eigenvalue weighted by Crippen LogP contribution is 2.30. The lowest BCUT2D eigenvalue weighted by atomic mass is 10.2. The van der Waals surface area contributed by atoms with E-state index in [0.29, 0.717) is 16.9 Å². The first-order chi connectivity index (χ1) is 16.2. The zero-order valence-electron chi connectivity index (χ0n) is 18.6. The van der Waals surface area contributed by atoms with Crippen molar-refractivity contribution in [3.63, 3.8) is 0 Å². The molecule has 2 N–H and O–H groups in total. The Balaban J connectivity index is 1.90. The minimum absolute atomic E-state index is 0.0435. The summed E-state index contributed by atoms with van der Waals surface area (Å²) in [6.45, 7) is 0.872. The molecule has 0 saturated heterocycles. The first-order valence-corrected chi connectivity index (χ1v) is 12.1. The summed E-state index contributed by atoms with van der Waals surface area (Å²) >= 11 is 6.06. The van der Waals surface area contributed by atoms with Crippen LogP contribution in [0.5, 0.6) is 5.75 Å². The van der Waals surface area contributed by atoms with E-state index in [1.165, 1.54) is 32.2 Å². The van der Waals surface area contributed by atoms with Crippen LogP contribution in [0.3, 0.4) is 0 Å². The molecule has 3 rings (SSSR count). The molecule has 0 aliphatic rings. The number of hydrogen-bond acceptors (Lipinski definition) is 5. The van der Waals surface area contributed by atoms with E-state index in [1.54, 1.807) is 48.5 Å². The van der Waals surface area contributed by atoms with Crippen LogP contribution in [-0.2, 0) is 26.2 Å². The first-order valence-electron chi connectivity index (χ1n) is 10.2. The summed E-state index contributed by atoms with van der Waals surface area (Å²) in [6, 6.07) is 19.8. The van der Waals surface area contributed by atoms with E-state index >= 15 is 0 Å². The molecule has 2 amide bonds. The number of benzene rings is 3. The van der Waals surface area contributed by atoms with Crippen LogP contribution in [0.25, 0.3) is 0 Å². The number of rotatable bonds is 9. The van der Waals surface area contributed by atoms with Crippen LogP contribution in [0.2, 0.25) is 5.02 Å². The minimum Gasteiger partial charge on any atom is -0.495 e. The number of carbonyl (C=O) groups excluding carboxylic acids is 2. The third-order valence-corrected chi connectivity index (χ3v) is 6.78. The molecule has 0 aliphatic heterocycles. The second-order valence-corrected chi connectivity index (χ2v) is 9.71. The van der Waals surface area contributed by atoms with Crippen LogP contribution in [-0.4, -0.2) is 38.2 Å². The van der Waals surface area contributed by atoms with Gasteiger partial charge in [0.1, 0.15) is 10.6 Å². The van der Waals surface area contributed by atoms with Gasteiger partial charge in [-0.05, 0) is 42.0 Å². The van der Waals surface area contributed by atoms with E-state index in [1.807, 2.05) is 6.07 Å². The van der Waals surface area contributed by atoms with Crippen molar-refractivity contribution < 1.29 is 22.7 Å². The molecule has 34 heavy (non-hydrogen) atoms. The quantitative estimate of drug-likeness (QED) is 0.458. The average Bonchev–Trinajstić information content (AvgIpc) is 2.79. The van der Waals surface area contributed by atoms with E-state index in [2.05, 4.69) is 10.6 Å². The number of halogens is 1. The SMILES string of the molecule is COc1ccc(Cl)cc1S(=O)(=O)N(CC(=O)Nc1cccc(NC(C)=O)c1)Cc1ccccc1. The lowest BCUT2D eigenvalue weighted by Crippen LogP contribution is -2.37. The maximum Gasteiger partial charge on any atom is 0.247 e. The summed E-state index contributed by atoms with van der Waals surface area (Å²) in [5.74, 6) is -0.689. The normalized spacial score (nSPS) is 11.2. The van der Waals surface area contributed by atoms with E-state index < -0.39 is 22.5 Å². The van der Waals surface area contributed by atoms with Gasteiger partial charge in [-0.25, -0.2) is 8.42 Å². The molecule has 0 fully saturated rings. The molecule has 3 aromatic carbocycles. The van der Waals surface area contributed by atoms with Crippen LogP contribution in [0.15, 0.2) is 77.7 Å². The molecule has 0 aliphatic carbocycles. The number of nitrogens with zero attached hydrogens (tertiary/aromatic N) is 1. The summed E-state index contributed by atoms with van der Waals surface area (Å²) < 4.78 is 33.5. The molecule has 0 heterocycles. The highest BCUT2D eigenvalue weighted by atomic mass is 35.5. The molecule has 0 radical (unpaired) electrons. The predicted octanol–water partition coefficient (Wildman–Crippen LogP) is 4.14. The second kappa shape index (κ2) is 11.1. The van der Waals surface area contributed by atoms with Crippen LogP contribution < -0.4 is 15.4 Å². The fourth-order valence-electron chi connectivity index (χ4n) is 3.24. The fourth-order valence-corrected chi connectivity index (χ4v) is 5.05. The second-order valence-electron chi connectivity index (χ2n) is 7.36. The summed E-state index contributed by atoms with van der Waals surface area (Å²) in [6.07, 6.45) is 0. The van der Waals surface area contributed by atoms with Crippen LogP contribution in [0, 0.1) is 0 Å². The number of hydrogen-bond donors (Lipinski definition) is 2. The number of sulfonamides is 1. The first kappa shape index (κ1) is 25.2. The average molecular weight is 502 g/mol. The number of carbonyl (C=O) groups is 2. The molecule has 0 atom stereocenters. The Kier molecular flexibility index (Phi) is 8.27. The molecule has 0 saturated carbocycles. The smallest absolute Gasteiger partial charge is 0.247 e. The number of nitrogens with one attached hydrogen (secondary N) is 2. The van der Waals surface area contributed by atoms with Gasteiger partial charge < -0.3 is 15.4 Å². The van der Waals surface area contributed by atoms with Crippen molar-refractivity contribution in [1.82, 2.24) is 4.31 Å². The maximum atomic E-state index is 13.6. The van der Waals surface area contributed by atoms with Gasteiger partial charge in [0.05, 0.1) is 13.7 Å². The van der Waals surface area contributed by atoms with Gasteiger partial charge in [0.15, 0.2) is 0 Å². The zero-order chi connectivity index (χ0) is 24.7. The molecule has 3 aromatic rings. The Morgan fingerprint density at radius 3 is 2.26 bits per heavy atom.